The lowest BCUT2D eigenvalue weighted by molar-refractivity contribution is 0.0625. The van der Waals surface area contributed by atoms with Crippen molar-refractivity contribution in [2.24, 2.45) is 11.8 Å². The Labute approximate surface area is 124 Å². The SMILES string of the molecule is CC(C)OCCC(CNC(C)(C)C)C1CCS(=O)(=O)C1. The van der Waals surface area contributed by atoms with Crippen LogP contribution in [0.2, 0.25) is 0 Å². The van der Waals surface area contributed by atoms with Crippen molar-refractivity contribution in [3.8, 4) is 0 Å². The fourth-order valence-corrected chi connectivity index (χ4v) is 4.51. The first kappa shape index (κ1) is 17.9. The van der Waals surface area contributed by atoms with E-state index in [1.54, 1.807) is 0 Å². The van der Waals surface area contributed by atoms with Crippen molar-refractivity contribution in [3.63, 3.8) is 0 Å². The molecule has 4 nitrogen and oxygen atoms in total. The van der Waals surface area contributed by atoms with E-state index in [1.165, 1.54) is 0 Å². The third-order valence-electron chi connectivity index (χ3n) is 3.77. The Kier molecular flexibility index (Phi) is 6.48. The minimum Gasteiger partial charge on any atom is -0.379 e. The highest BCUT2D eigenvalue weighted by atomic mass is 32.2. The van der Waals surface area contributed by atoms with Gasteiger partial charge < -0.3 is 10.1 Å². The summed E-state index contributed by atoms with van der Waals surface area (Å²) in [6, 6.07) is 0. The van der Waals surface area contributed by atoms with Crippen molar-refractivity contribution in [1.82, 2.24) is 5.32 Å². The van der Waals surface area contributed by atoms with Crippen LogP contribution in [-0.2, 0) is 14.6 Å². The second kappa shape index (κ2) is 7.23. The monoisotopic (exact) mass is 305 g/mol. The zero-order valence-corrected chi connectivity index (χ0v) is 14.4. The smallest absolute Gasteiger partial charge is 0.150 e. The van der Waals surface area contributed by atoms with Crippen LogP contribution in [0.1, 0.15) is 47.5 Å². The first-order valence-electron chi connectivity index (χ1n) is 7.66. The quantitative estimate of drug-likeness (QED) is 0.784. The van der Waals surface area contributed by atoms with Crippen LogP contribution in [0.15, 0.2) is 0 Å². The van der Waals surface area contributed by atoms with Crippen molar-refractivity contribution in [1.29, 1.82) is 0 Å². The molecule has 0 radical (unpaired) electrons. The van der Waals surface area contributed by atoms with E-state index in [0.29, 0.717) is 24.0 Å². The number of ether oxygens (including phenoxy) is 1. The molecule has 2 atom stereocenters. The van der Waals surface area contributed by atoms with Gasteiger partial charge in [0.1, 0.15) is 0 Å². The molecule has 5 heteroatoms. The first-order valence-corrected chi connectivity index (χ1v) is 9.48. The molecule has 0 spiro atoms. The molecule has 20 heavy (non-hydrogen) atoms. The van der Waals surface area contributed by atoms with Crippen LogP contribution in [0.4, 0.5) is 0 Å². The highest BCUT2D eigenvalue weighted by Gasteiger charge is 2.33. The van der Waals surface area contributed by atoms with E-state index in [9.17, 15) is 8.42 Å². The lowest BCUT2D eigenvalue weighted by Crippen LogP contribution is -2.41. The summed E-state index contributed by atoms with van der Waals surface area (Å²) >= 11 is 0. The number of hydrogen-bond acceptors (Lipinski definition) is 4. The maximum atomic E-state index is 11.7. The second-order valence-electron chi connectivity index (χ2n) is 7.26. The van der Waals surface area contributed by atoms with Crippen LogP contribution in [0.25, 0.3) is 0 Å². The molecule has 1 aliphatic heterocycles. The van der Waals surface area contributed by atoms with Crippen molar-refractivity contribution in [2.45, 2.75) is 59.1 Å². The molecule has 1 fully saturated rings. The van der Waals surface area contributed by atoms with E-state index in [2.05, 4.69) is 26.1 Å². The summed E-state index contributed by atoms with van der Waals surface area (Å²) in [7, 11) is -2.80. The summed E-state index contributed by atoms with van der Waals surface area (Å²) in [6.07, 6.45) is 1.97. The average Bonchev–Trinajstić information content (AvgIpc) is 2.62. The minimum atomic E-state index is -2.80. The molecule has 1 aliphatic rings. The lowest BCUT2D eigenvalue weighted by Gasteiger charge is -2.28. The molecule has 120 valence electrons. The Balaban J connectivity index is 2.55. The predicted octanol–water partition coefficient (Wildman–Crippen LogP) is 2.24. The topological polar surface area (TPSA) is 55.4 Å². The second-order valence-corrected chi connectivity index (χ2v) is 9.49. The molecule has 1 saturated heterocycles. The fraction of sp³-hybridized carbons (Fsp3) is 1.00. The summed E-state index contributed by atoms with van der Waals surface area (Å²) in [5, 5.41) is 3.51. The van der Waals surface area contributed by atoms with Crippen LogP contribution in [0, 0.1) is 11.8 Å². The van der Waals surface area contributed by atoms with Gasteiger partial charge in [0.2, 0.25) is 0 Å². The average molecular weight is 305 g/mol. The highest BCUT2D eigenvalue weighted by molar-refractivity contribution is 7.91. The molecule has 1 N–H and O–H groups in total. The Morgan fingerprint density at radius 2 is 1.95 bits per heavy atom. The Bertz CT molecular complexity index is 384. The molecule has 0 saturated carbocycles. The lowest BCUT2D eigenvalue weighted by atomic mass is 9.88. The van der Waals surface area contributed by atoms with E-state index < -0.39 is 9.84 Å². The van der Waals surface area contributed by atoms with Gasteiger partial charge in [-0.25, -0.2) is 8.42 Å². The van der Waals surface area contributed by atoms with Gasteiger partial charge in [-0.15, -0.1) is 0 Å². The zero-order valence-electron chi connectivity index (χ0n) is 13.6. The van der Waals surface area contributed by atoms with Gasteiger partial charge in [0.25, 0.3) is 0 Å². The van der Waals surface area contributed by atoms with Gasteiger partial charge in [-0.1, -0.05) is 0 Å². The zero-order chi connectivity index (χ0) is 15.4. The Hall–Kier alpha value is -0.130. The number of rotatable bonds is 7. The summed E-state index contributed by atoms with van der Waals surface area (Å²) in [4.78, 5) is 0. The van der Waals surface area contributed by atoms with Gasteiger partial charge in [-0.3, -0.25) is 0 Å². The molecule has 0 aromatic rings. The molecule has 0 amide bonds. The number of hydrogen-bond donors (Lipinski definition) is 1. The molecule has 1 rings (SSSR count). The number of nitrogens with one attached hydrogen (secondary N) is 1. The van der Waals surface area contributed by atoms with Gasteiger partial charge in [0, 0.05) is 12.1 Å². The Morgan fingerprint density at radius 3 is 2.40 bits per heavy atom. The summed E-state index contributed by atoms with van der Waals surface area (Å²) in [5.74, 6) is 1.37. The maximum absolute atomic E-state index is 11.7. The van der Waals surface area contributed by atoms with E-state index in [-0.39, 0.29) is 17.6 Å². The van der Waals surface area contributed by atoms with E-state index >= 15 is 0 Å². The van der Waals surface area contributed by atoms with Crippen LogP contribution < -0.4 is 5.32 Å². The van der Waals surface area contributed by atoms with E-state index in [0.717, 1.165) is 19.4 Å². The fourth-order valence-electron chi connectivity index (χ4n) is 2.59. The largest absolute Gasteiger partial charge is 0.379 e. The van der Waals surface area contributed by atoms with Crippen LogP contribution in [0.3, 0.4) is 0 Å². The molecule has 0 aliphatic carbocycles. The number of sulfone groups is 1. The predicted molar refractivity (Wildman–Crippen MR) is 83.7 cm³/mol. The van der Waals surface area contributed by atoms with Crippen molar-refractivity contribution in [3.05, 3.63) is 0 Å². The Morgan fingerprint density at radius 1 is 1.30 bits per heavy atom. The van der Waals surface area contributed by atoms with Gasteiger partial charge in [-0.2, -0.15) is 0 Å². The van der Waals surface area contributed by atoms with Gasteiger partial charge >= 0.3 is 0 Å². The summed E-state index contributed by atoms with van der Waals surface area (Å²) in [6.45, 7) is 12.1. The van der Waals surface area contributed by atoms with E-state index in [1.807, 2.05) is 13.8 Å². The molecule has 0 aromatic heterocycles. The van der Waals surface area contributed by atoms with Crippen molar-refractivity contribution >= 4 is 9.84 Å². The van der Waals surface area contributed by atoms with Gasteiger partial charge in [0.15, 0.2) is 9.84 Å². The third kappa shape index (κ3) is 7.04. The standard InChI is InChI=1S/C15H31NO3S/c1-12(2)19-8-6-13(10-16-15(3,4)5)14-7-9-20(17,18)11-14/h12-14,16H,6-11H2,1-5H3. The van der Waals surface area contributed by atoms with Crippen molar-refractivity contribution in [2.75, 3.05) is 24.7 Å². The maximum Gasteiger partial charge on any atom is 0.150 e. The van der Waals surface area contributed by atoms with Gasteiger partial charge in [0.05, 0.1) is 17.6 Å². The third-order valence-corrected chi connectivity index (χ3v) is 5.56. The highest BCUT2D eigenvalue weighted by Crippen LogP contribution is 2.28. The van der Waals surface area contributed by atoms with Crippen LogP contribution in [0.5, 0.6) is 0 Å². The molecule has 1 heterocycles. The molecule has 0 bridgehead atoms. The van der Waals surface area contributed by atoms with E-state index in [4.69, 9.17) is 4.74 Å². The van der Waals surface area contributed by atoms with Crippen LogP contribution >= 0.6 is 0 Å². The molecular weight excluding hydrogens is 274 g/mol. The summed E-state index contributed by atoms with van der Waals surface area (Å²) < 4.78 is 29.0. The minimum absolute atomic E-state index is 0.0641. The van der Waals surface area contributed by atoms with Gasteiger partial charge in [-0.05, 0) is 65.8 Å². The molecule has 0 aromatic carbocycles. The molecular formula is C15H31NO3S. The van der Waals surface area contributed by atoms with Crippen LogP contribution in [-0.4, -0.2) is 44.7 Å². The first-order chi connectivity index (χ1) is 9.09. The summed E-state index contributed by atoms with van der Waals surface area (Å²) in [5.41, 5.74) is 0.0641. The molecule has 2 unspecified atom stereocenters. The van der Waals surface area contributed by atoms with Crippen molar-refractivity contribution < 1.29 is 13.2 Å². The normalized spacial score (nSPS) is 24.2.